The lowest BCUT2D eigenvalue weighted by molar-refractivity contribution is 1.19. The fourth-order valence-electron chi connectivity index (χ4n) is 3.81. The molecule has 0 heterocycles. The summed E-state index contributed by atoms with van der Waals surface area (Å²) in [5.41, 5.74) is 10.8. The van der Waals surface area contributed by atoms with Crippen LogP contribution in [0.5, 0.6) is 0 Å². The molecular formula is C43H62. The van der Waals surface area contributed by atoms with E-state index in [9.17, 15) is 0 Å². The van der Waals surface area contributed by atoms with Crippen molar-refractivity contribution in [3.8, 4) is 0 Å². The summed E-state index contributed by atoms with van der Waals surface area (Å²) in [5, 5.41) is 0. The molecule has 0 saturated heterocycles. The van der Waals surface area contributed by atoms with E-state index >= 15 is 0 Å². The average Bonchev–Trinajstić information content (AvgIpc) is 2.98. The smallest absolute Gasteiger partial charge is 0.00258 e. The van der Waals surface area contributed by atoms with E-state index in [1.807, 2.05) is 64.1 Å². The molecule has 0 amide bonds. The lowest BCUT2D eigenvalue weighted by Crippen LogP contribution is -1.86. The van der Waals surface area contributed by atoms with Gasteiger partial charge in [0.1, 0.15) is 0 Å². The van der Waals surface area contributed by atoms with Gasteiger partial charge in [-0.3, -0.25) is 0 Å². The van der Waals surface area contributed by atoms with Crippen molar-refractivity contribution in [2.24, 2.45) is 0 Å². The highest BCUT2D eigenvalue weighted by atomic mass is 14.0. The third-order valence-electron chi connectivity index (χ3n) is 5.62. The van der Waals surface area contributed by atoms with Gasteiger partial charge in [-0.1, -0.05) is 209 Å². The Balaban J connectivity index is -0.000000488. The van der Waals surface area contributed by atoms with Crippen molar-refractivity contribution in [2.45, 2.75) is 90.5 Å². The predicted molar refractivity (Wildman–Crippen MR) is 200 cm³/mol. The van der Waals surface area contributed by atoms with Crippen LogP contribution >= 0.6 is 0 Å². The molecule has 0 unspecified atom stereocenters. The first-order valence-electron chi connectivity index (χ1n) is 15.0. The van der Waals surface area contributed by atoms with Crippen molar-refractivity contribution in [1.29, 1.82) is 0 Å². The molecule has 0 N–H and O–H groups in total. The maximum absolute atomic E-state index is 2.20. The standard InChI is InChI=1S/C14H14.C9H12.2C7H8.2C2H6.2CH4/c1-12-7-9-14(10-8-12)11-13-5-3-2-4-6-13;1-7-4-8(2)6-9(3)5-7;2*1-7-5-3-2-4-6-7;2*1-2;;/h2-10H,11H2,1H3;4-6H,1-3H3;2*2-6H,1H3;2*1-2H3;2*1H4. The molecule has 0 radical (unpaired) electrons. The lowest BCUT2D eigenvalue weighted by atomic mass is 10.0. The Morgan fingerprint density at radius 3 is 0.837 bits per heavy atom. The van der Waals surface area contributed by atoms with Gasteiger partial charge < -0.3 is 0 Å². The number of hydrogen-bond donors (Lipinski definition) is 0. The first-order valence-corrected chi connectivity index (χ1v) is 15.0. The van der Waals surface area contributed by atoms with Crippen molar-refractivity contribution in [3.63, 3.8) is 0 Å². The third kappa shape index (κ3) is 23.4. The number of rotatable bonds is 2. The van der Waals surface area contributed by atoms with Gasteiger partial charge in [0.15, 0.2) is 0 Å². The molecule has 0 bridgehead atoms. The summed E-state index contributed by atoms with van der Waals surface area (Å²) in [6.45, 7) is 20.7. The number of benzene rings is 5. The van der Waals surface area contributed by atoms with E-state index in [4.69, 9.17) is 0 Å². The van der Waals surface area contributed by atoms with Crippen molar-refractivity contribution < 1.29 is 0 Å². The van der Waals surface area contributed by atoms with E-state index in [2.05, 4.69) is 139 Å². The first kappa shape index (κ1) is 43.6. The van der Waals surface area contributed by atoms with Gasteiger partial charge in [-0.15, -0.1) is 0 Å². The molecule has 0 aliphatic heterocycles. The second kappa shape index (κ2) is 28.2. The van der Waals surface area contributed by atoms with E-state index < -0.39 is 0 Å². The maximum atomic E-state index is 2.20. The molecule has 0 saturated carbocycles. The third-order valence-corrected chi connectivity index (χ3v) is 5.62. The largest absolute Gasteiger partial charge is 0.0776 e. The Morgan fingerprint density at radius 2 is 0.558 bits per heavy atom. The molecule has 0 aromatic heterocycles. The summed E-state index contributed by atoms with van der Waals surface area (Å²) in [6.07, 6.45) is 1.03. The molecule has 0 nitrogen and oxygen atoms in total. The fourth-order valence-corrected chi connectivity index (χ4v) is 3.81. The highest BCUT2D eigenvalue weighted by Gasteiger charge is 1.94. The normalized spacial score (nSPS) is 8.42. The summed E-state index contributed by atoms with van der Waals surface area (Å²) in [6, 6.07) is 46.4. The van der Waals surface area contributed by atoms with Gasteiger partial charge in [-0.2, -0.15) is 0 Å². The Labute approximate surface area is 267 Å². The second-order valence-electron chi connectivity index (χ2n) is 9.62. The van der Waals surface area contributed by atoms with Crippen LogP contribution in [-0.4, -0.2) is 0 Å². The highest BCUT2D eigenvalue weighted by Crippen LogP contribution is 2.10. The Hall–Kier alpha value is -3.90. The predicted octanol–water partition coefficient (Wildman–Crippen LogP) is 13.5. The highest BCUT2D eigenvalue weighted by molar-refractivity contribution is 5.28. The molecule has 0 spiro atoms. The van der Waals surface area contributed by atoms with Crippen LogP contribution in [0.2, 0.25) is 0 Å². The van der Waals surface area contributed by atoms with Crippen LogP contribution < -0.4 is 0 Å². The first-order chi connectivity index (χ1) is 19.8. The molecule has 0 heteroatoms. The zero-order chi connectivity index (χ0) is 30.9. The Bertz CT molecular complexity index is 1160. The molecule has 234 valence electrons. The molecule has 5 aromatic carbocycles. The van der Waals surface area contributed by atoms with Crippen molar-refractivity contribution in [1.82, 2.24) is 0 Å². The van der Waals surface area contributed by atoms with Gasteiger partial charge in [-0.25, -0.2) is 0 Å². The van der Waals surface area contributed by atoms with Gasteiger partial charge in [0.2, 0.25) is 0 Å². The summed E-state index contributed by atoms with van der Waals surface area (Å²) >= 11 is 0. The van der Waals surface area contributed by atoms with E-state index in [0.717, 1.165) is 6.42 Å². The van der Waals surface area contributed by atoms with Gasteiger partial charge in [0.25, 0.3) is 0 Å². The van der Waals surface area contributed by atoms with Crippen molar-refractivity contribution in [2.75, 3.05) is 0 Å². The minimum Gasteiger partial charge on any atom is -0.0776 e. The molecule has 0 fully saturated rings. The van der Waals surface area contributed by atoms with Gasteiger partial charge in [0, 0.05) is 0 Å². The van der Waals surface area contributed by atoms with Crippen molar-refractivity contribution >= 4 is 0 Å². The lowest BCUT2D eigenvalue weighted by Gasteiger charge is -2.01. The van der Waals surface area contributed by atoms with E-state index in [1.54, 1.807) is 0 Å². The Kier molecular flexibility index (Phi) is 28.6. The van der Waals surface area contributed by atoms with Crippen LogP contribution in [-0.2, 0) is 6.42 Å². The van der Waals surface area contributed by atoms with Gasteiger partial charge in [0.05, 0.1) is 0 Å². The van der Waals surface area contributed by atoms with Gasteiger partial charge >= 0.3 is 0 Å². The van der Waals surface area contributed by atoms with Crippen LogP contribution in [0, 0.1) is 41.5 Å². The molecule has 5 rings (SSSR count). The SMILES string of the molecule is C.C.CC.CC.Cc1cc(C)cc(C)c1.Cc1ccc(Cc2ccccc2)cc1.Cc1ccccc1.Cc1ccccc1. The van der Waals surface area contributed by atoms with Crippen LogP contribution in [0.1, 0.15) is 87.1 Å². The fraction of sp³-hybridized carbons (Fsp3) is 0.302. The second-order valence-corrected chi connectivity index (χ2v) is 9.62. The van der Waals surface area contributed by atoms with E-state index in [1.165, 1.54) is 44.5 Å². The summed E-state index contributed by atoms with van der Waals surface area (Å²) < 4.78 is 0. The van der Waals surface area contributed by atoms with E-state index in [-0.39, 0.29) is 14.9 Å². The molecular weight excluding hydrogens is 516 g/mol. The van der Waals surface area contributed by atoms with Crippen LogP contribution in [0.4, 0.5) is 0 Å². The quantitative estimate of drug-likeness (QED) is 0.195. The van der Waals surface area contributed by atoms with E-state index in [0.29, 0.717) is 0 Å². The molecule has 0 aliphatic carbocycles. The zero-order valence-corrected chi connectivity index (χ0v) is 27.4. The van der Waals surface area contributed by atoms with Crippen LogP contribution in [0.15, 0.2) is 133 Å². The Morgan fingerprint density at radius 1 is 0.302 bits per heavy atom. The van der Waals surface area contributed by atoms with Crippen LogP contribution in [0.3, 0.4) is 0 Å². The average molecular weight is 579 g/mol. The number of hydrogen-bond acceptors (Lipinski definition) is 0. The summed E-state index contributed by atoms with van der Waals surface area (Å²) in [4.78, 5) is 0. The van der Waals surface area contributed by atoms with Crippen LogP contribution in [0.25, 0.3) is 0 Å². The molecule has 0 aliphatic rings. The minimum atomic E-state index is 0. The maximum Gasteiger partial charge on any atom is -0.00258 e. The minimum absolute atomic E-state index is 0. The summed E-state index contributed by atoms with van der Waals surface area (Å²) in [7, 11) is 0. The monoisotopic (exact) mass is 578 g/mol. The molecule has 0 atom stereocenters. The molecule has 5 aromatic rings. The zero-order valence-electron chi connectivity index (χ0n) is 27.4. The topological polar surface area (TPSA) is 0 Å². The van der Waals surface area contributed by atoms with Gasteiger partial charge in [-0.05, 0) is 59.1 Å². The van der Waals surface area contributed by atoms with Crippen molar-refractivity contribution in [3.05, 3.63) is 178 Å². The summed E-state index contributed by atoms with van der Waals surface area (Å²) in [5.74, 6) is 0. The molecule has 43 heavy (non-hydrogen) atoms. The number of aryl methyl sites for hydroxylation is 6.